The van der Waals surface area contributed by atoms with Crippen LogP contribution in [-0.2, 0) is 0 Å². The normalized spacial score (nSPS) is 29.2. The summed E-state index contributed by atoms with van der Waals surface area (Å²) in [5, 5.41) is 2.16. The molecule has 3 atom stereocenters. The fraction of sp³-hybridized carbons (Fsp3) is 0.750. The second-order valence-electron chi connectivity index (χ2n) is 4.81. The zero-order valence-corrected chi connectivity index (χ0v) is 10.9. The highest BCUT2D eigenvalue weighted by atomic mass is 32.1. The first-order chi connectivity index (χ1) is 7.72. The van der Waals surface area contributed by atoms with E-state index in [1.807, 2.05) is 5.51 Å². The van der Waals surface area contributed by atoms with E-state index in [0.717, 1.165) is 13.1 Å². The first kappa shape index (κ1) is 12.0. The molecule has 0 amide bonds. The lowest BCUT2D eigenvalue weighted by atomic mass is 9.92. The van der Waals surface area contributed by atoms with Gasteiger partial charge in [-0.1, -0.05) is 0 Å². The summed E-state index contributed by atoms with van der Waals surface area (Å²) in [6.45, 7) is 6.50. The van der Waals surface area contributed by atoms with Gasteiger partial charge in [-0.05, 0) is 39.2 Å². The molecule has 0 radical (unpaired) electrons. The Labute approximate surface area is 102 Å². The summed E-state index contributed by atoms with van der Waals surface area (Å²) in [7, 11) is 0. The van der Waals surface area contributed by atoms with E-state index in [4.69, 9.17) is 5.73 Å². The fourth-order valence-corrected chi connectivity index (χ4v) is 3.18. The van der Waals surface area contributed by atoms with Gasteiger partial charge in [-0.25, -0.2) is 4.98 Å². The number of hydrogen-bond donors (Lipinski definition) is 1. The number of thiazole rings is 1. The third kappa shape index (κ3) is 2.44. The highest BCUT2D eigenvalue weighted by molar-refractivity contribution is 7.07. The van der Waals surface area contributed by atoms with Gasteiger partial charge in [-0.15, -0.1) is 11.3 Å². The Morgan fingerprint density at radius 1 is 1.62 bits per heavy atom. The number of nitrogens with two attached hydrogens (primary N) is 1. The van der Waals surface area contributed by atoms with Gasteiger partial charge in [0.25, 0.3) is 0 Å². The number of piperidine rings is 1. The molecule has 1 fully saturated rings. The summed E-state index contributed by atoms with van der Waals surface area (Å²) < 4.78 is 0. The van der Waals surface area contributed by atoms with Crippen molar-refractivity contribution in [2.75, 3.05) is 13.1 Å². The smallest absolute Gasteiger partial charge is 0.0795 e. The van der Waals surface area contributed by atoms with Crippen LogP contribution in [0.4, 0.5) is 0 Å². The Kier molecular flexibility index (Phi) is 3.95. The van der Waals surface area contributed by atoms with Crippen LogP contribution in [0.15, 0.2) is 10.9 Å². The minimum Gasteiger partial charge on any atom is -0.330 e. The molecule has 3 unspecified atom stereocenters. The number of rotatable bonds is 3. The SMILES string of the molecule is CC1CCC(CN)CN1C(C)c1cscn1. The molecule has 1 aromatic rings. The highest BCUT2D eigenvalue weighted by Crippen LogP contribution is 2.29. The zero-order chi connectivity index (χ0) is 11.5. The molecule has 1 aliphatic rings. The van der Waals surface area contributed by atoms with E-state index in [-0.39, 0.29) is 0 Å². The Balaban J connectivity index is 2.06. The summed E-state index contributed by atoms with van der Waals surface area (Å²) in [4.78, 5) is 6.97. The molecule has 1 aromatic heterocycles. The van der Waals surface area contributed by atoms with Crippen molar-refractivity contribution in [3.8, 4) is 0 Å². The minimum absolute atomic E-state index is 0.426. The molecule has 2 N–H and O–H groups in total. The Morgan fingerprint density at radius 3 is 3.06 bits per heavy atom. The van der Waals surface area contributed by atoms with Crippen LogP contribution >= 0.6 is 11.3 Å². The first-order valence-electron chi connectivity index (χ1n) is 6.06. The summed E-state index contributed by atoms with van der Waals surface area (Å²) >= 11 is 1.68. The molecule has 16 heavy (non-hydrogen) atoms. The van der Waals surface area contributed by atoms with Gasteiger partial charge < -0.3 is 5.73 Å². The van der Waals surface area contributed by atoms with Gasteiger partial charge in [0, 0.05) is 18.0 Å². The van der Waals surface area contributed by atoms with E-state index >= 15 is 0 Å². The standard InChI is InChI=1S/C12H21N3S/c1-9-3-4-11(5-13)6-15(9)10(2)12-7-16-8-14-12/h7-11H,3-6,13H2,1-2H3. The lowest BCUT2D eigenvalue weighted by Gasteiger charge is -2.41. The van der Waals surface area contributed by atoms with Crippen molar-refractivity contribution in [3.63, 3.8) is 0 Å². The molecule has 0 bridgehead atoms. The molecule has 1 aliphatic heterocycles. The highest BCUT2D eigenvalue weighted by Gasteiger charge is 2.29. The van der Waals surface area contributed by atoms with Crippen molar-refractivity contribution < 1.29 is 0 Å². The van der Waals surface area contributed by atoms with E-state index in [0.29, 0.717) is 18.0 Å². The second-order valence-corrected chi connectivity index (χ2v) is 5.53. The number of aromatic nitrogens is 1. The van der Waals surface area contributed by atoms with Gasteiger partial charge in [0.15, 0.2) is 0 Å². The number of likely N-dealkylation sites (tertiary alicyclic amines) is 1. The second kappa shape index (κ2) is 5.25. The summed E-state index contributed by atoms with van der Waals surface area (Å²) in [6.07, 6.45) is 2.54. The van der Waals surface area contributed by atoms with Crippen LogP contribution in [-0.4, -0.2) is 29.0 Å². The van der Waals surface area contributed by atoms with Crippen molar-refractivity contribution in [1.82, 2.24) is 9.88 Å². The van der Waals surface area contributed by atoms with Gasteiger partial charge in [0.1, 0.15) is 0 Å². The van der Waals surface area contributed by atoms with Crippen molar-refractivity contribution in [2.45, 2.75) is 38.8 Å². The zero-order valence-electron chi connectivity index (χ0n) is 10.1. The third-order valence-corrected chi connectivity index (χ3v) is 4.34. The Bertz CT molecular complexity index is 312. The Morgan fingerprint density at radius 2 is 2.44 bits per heavy atom. The topological polar surface area (TPSA) is 42.1 Å². The molecule has 0 spiro atoms. The molecule has 2 heterocycles. The molecule has 90 valence electrons. The molecule has 3 nitrogen and oxygen atoms in total. The van der Waals surface area contributed by atoms with Crippen LogP contribution in [0, 0.1) is 5.92 Å². The van der Waals surface area contributed by atoms with Crippen LogP contribution in [0.3, 0.4) is 0 Å². The predicted molar refractivity (Wildman–Crippen MR) is 68.5 cm³/mol. The maximum absolute atomic E-state index is 5.79. The fourth-order valence-electron chi connectivity index (χ4n) is 2.54. The van der Waals surface area contributed by atoms with Gasteiger partial charge in [0.05, 0.1) is 17.2 Å². The van der Waals surface area contributed by atoms with E-state index in [2.05, 4.69) is 29.1 Å². The molecular weight excluding hydrogens is 218 g/mol. The van der Waals surface area contributed by atoms with Crippen molar-refractivity contribution in [2.24, 2.45) is 11.7 Å². The van der Waals surface area contributed by atoms with Crippen LogP contribution < -0.4 is 5.73 Å². The van der Waals surface area contributed by atoms with Crippen molar-refractivity contribution in [1.29, 1.82) is 0 Å². The third-order valence-electron chi connectivity index (χ3n) is 3.74. The summed E-state index contributed by atoms with van der Waals surface area (Å²) in [5.41, 5.74) is 8.91. The number of nitrogens with zero attached hydrogens (tertiary/aromatic N) is 2. The van der Waals surface area contributed by atoms with Crippen LogP contribution in [0.25, 0.3) is 0 Å². The van der Waals surface area contributed by atoms with E-state index in [1.165, 1.54) is 18.5 Å². The molecule has 0 aliphatic carbocycles. The summed E-state index contributed by atoms with van der Waals surface area (Å²) in [6, 6.07) is 1.08. The predicted octanol–water partition coefficient (Wildman–Crippen LogP) is 2.26. The molecular formula is C12H21N3S. The molecule has 1 saturated heterocycles. The molecule has 2 rings (SSSR count). The van der Waals surface area contributed by atoms with Crippen molar-refractivity contribution in [3.05, 3.63) is 16.6 Å². The van der Waals surface area contributed by atoms with Gasteiger partial charge in [-0.2, -0.15) is 0 Å². The van der Waals surface area contributed by atoms with Crippen molar-refractivity contribution >= 4 is 11.3 Å². The van der Waals surface area contributed by atoms with E-state index < -0.39 is 0 Å². The maximum Gasteiger partial charge on any atom is 0.0795 e. The van der Waals surface area contributed by atoms with Gasteiger partial charge in [0.2, 0.25) is 0 Å². The van der Waals surface area contributed by atoms with Crippen LogP contribution in [0.1, 0.15) is 38.4 Å². The van der Waals surface area contributed by atoms with Gasteiger partial charge in [-0.3, -0.25) is 4.90 Å². The average molecular weight is 239 g/mol. The van der Waals surface area contributed by atoms with Gasteiger partial charge >= 0.3 is 0 Å². The maximum atomic E-state index is 5.79. The van der Waals surface area contributed by atoms with E-state index in [1.54, 1.807) is 11.3 Å². The van der Waals surface area contributed by atoms with Crippen LogP contribution in [0.2, 0.25) is 0 Å². The molecule has 0 saturated carbocycles. The quantitative estimate of drug-likeness (QED) is 0.880. The lowest BCUT2D eigenvalue weighted by molar-refractivity contribution is 0.0797. The molecule has 4 heteroatoms. The minimum atomic E-state index is 0.426. The first-order valence-corrected chi connectivity index (χ1v) is 7.00. The lowest BCUT2D eigenvalue weighted by Crippen LogP contribution is -2.45. The average Bonchev–Trinajstić information content (AvgIpc) is 2.82. The molecule has 0 aromatic carbocycles. The number of hydrogen-bond acceptors (Lipinski definition) is 4. The monoisotopic (exact) mass is 239 g/mol. The largest absolute Gasteiger partial charge is 0.330 e. The van der Waals surface area contributed by atoms with E-state index in [9.17, 15) is 0 Å². The Hall–Kier alpha value is -0.450. The van der Waals surface area contributed by atoms with Crippen LogP contribution in [0.5, 0.6) is 0 Å². The summed E-state index contributed by atoms with van der Waals surface area (Å²) in [5.74, 6) is 0.664.